The van der Waals surface area contributed by atoms with Crippen molar-refractivity contribution in [2.24, 2.45) is 0 Å². The van der Waals surface area contributed by atoms with Crippen molar-refractivity contribution in [3.05, 3.63) is 97.2 Å². The molecule has 0 spiro atoms. The van der Waals surface area contributed by atoms with Crippen LogP contribution in [0.15, 0.2) is 97.2 Å². The van der Waals surface area contributed by atoms with Gasteiger partial charge in [0.2, 0.25) is 0 Å². The lowest BCUT2D eigenvalue weighted by Gasteiger charge is -2.18. The molecule has 0 rings (SSSR count). The lowest BCUT2D eigenvalue weighted by molar-refractivity contribution is -0.167. The normalized spacial score (nSPS) is 12.8. The first-order chi connectivity index (χ1) is 33.0. The Hall–Kier alpha value is -3.67. The van der Waals surface area contributed by atoms with Crippen molar-refractivity contribution in [2.75, 3.05) is 13.2 Å². The predicted molar refractivity (Wildman–Crippen MR) is 288 cm³/mol. The van der Waals surface area contributed by atoms with Crippen LogP contribution in [-0.4, -0.2) is 37.2 Å². The third kappa shape index (κ3) is 53.2. The molecule has 6 nitrogen and oxygen atoms in total. The average molecular weight is 931 g/mol. The first-order valence-corrected chi connectivity index (χ1v) is 27.7. The van der Waals surface area contributed by atoms with Gasteiger partial charge in [0.05, 0.1) is 0 Å². The summed E-state index contributed by atoms with van der Waals surface area (Å²) < 4.78 is 16.8. The SMILES string of the molecule is CC/C=C\C/C=C\C/C=C\C/C=C\C/C=C\C/C=C\C/C=C\CCCCCCCC(=O)OCC(COC(=O)CCCCCCCCCCCCC)OC(=O)CCCCCCC/C=C\CCCC. The van der Waals surface area contributed by atoms with E-state index in [1.54, 1.807) is 0 Å². The van der Waals surface area contributed by atoms with Crippen LogP contribution in [0.4, 0.5) is 0 Å². The highest BCUT2D eigenvalue weighted by Gasteiger charge is 2.19. The Bertz CT molecular complexity index is 1350. The minimum absolute atomic E-state index is 0.0858. The lowest BCUT2D eigenvalue weighted by Crippen LogP contribution is -2.30. The number of carbonyl (C=O) groups excluding carboxylic acids is 3. The Balaban J connectivity index is 4.29. The fraction of sp³-hybridized carbons (Fsp3) is 0.689. The van der Waals surface area contributed by atoms with E-state index >= 15 is 0 Å². The number of ether oxygens (including phenoxy) is 3. The van der Waals surface area contributed by atoms with Crippen LogP contribution in [0.1, 0.15) is 252 Å². The summed E-state index contributed by atoms with van der Waals surface area (Å²) in [7, 11) is 0. The van der Waals surface area contributed by atoms with Crippen LogP contribution in [-0.2, 0) is 28.6 Å². The van der Waals surface area contributed by atoms with E-state index in [0.29, 0.717) is 19.3 Å². The molecule has 0 aliphatic carbocycles. The Morgan fingerprint density at radius 2 is 0.597 bits per heavy atom. The number of allylic oxidation sites excluding steroid dienone is 16. The van der Waals surface area contributed by atoms with Crippen molar-refractivity contribution >= 4 is 17.9 Å². The van der Waals surface area contributed by atoms with Gasteiger partial charge in [0.25, 0.3) is 0 Å². The summed E-state index contributed by atoms with van der Waals surface area (Å²) >= 11 is 0. The van der Waals surface area contributed by atoms with E-state index in [0.717, 1.165) is 135 Å². The Morgan fingerprint density at radius 1 is 0.313 bits per heavy atom. The van der Waals surface area contributed by atoms with Crippen molar-refractivity contribution in [3.8, 4) is 0 Å². The van der Waals surface area contributed by atoms with Crippen molar-refractivity contribution < 1.29 is 28.6 Å². The second kappa shape index (κ2) is 54.9. The molecule has 0 amide bonds. The van der Waals surface area contributed by atoms with Gasteiger partial charge in [-0.05, 0) is 96.3 Å². The third-order valence-electron chi connectivity index (χ3n) is 11.6. The highest BCUT2D eigenvalue weighted by atomic mass is 16.6. The molecule has 0 fully saturated rings. The maximum atomic E-state index is 12.8. The second-order valence-electron chi connectivity index (χ2n) is 18.1. The molecule has 1 unspecified atom stereocenters. The quantitative estimate of drug-likeness (QED) is 0.0262. The van der Waals surface area contributed by atoms with Crippen LogP contribution in [0.2, 0.25) is 0 Å². The summed E-state index contributed by atoms with van der Waals surface area (Å²) in [5.74, 6) is -0.917. The molecule has 0 bridgehead atoms. The molecular weight excluding hydrogens is 829 g/mol. The van der Waals surface area contributed by atoms with Gasteiger partial charge in [-0.1, -0.05) is 234 Å². The summed E-state index contributed by atoms with van der Waals surface area (Å²) in [5, 5.41) is 0. The van der Waals surface area contributed by atoms with Crippen molar-refractivity contribution in [1.82, 2.24) is 0 Å². The molecule has 0 N–H and O–H groups in total. The first-order valence-electron chi connectivity index (χ1n) is 27.7. The highest BCUT2D eigenvalue weighted by molar-refractivity contribution is 5.71. The van der Waals surface area contributed by atoms with Crippen LogP contribution >= 0.6 is 0 Å². The van der Waals surface area contributed by atoms with Crippen molar-refractivity contribution in [2.45, 2.75) is 258 Å². The number of hydrogen-bond acceptors (Lipinski definition) is 6. The Labute approximate surface area is 413 Å². The van der Waals surface area contributed by atoms with E-state index in [-0.39, 0.29) is 31.1 Å². The van der Waals surface area contributed by atoms with Crippen LogP contribution in [0.3, 0.4) is 0 Å². The van der Waals surface area contributed by atoms with Crippen LogP contribution in [0.5, 0.6) is 0 Å². The minimum Gasteiger partial charge on any atom is -0.462 e. The molecule has 0 aliphatic heterocycles. The molecular formula is C61H102O6. The molecule has 0 radical (unpaired) electrons. The topological polar surface area (TPSA) is 78.9 Å². The first kappa shape index (κ1) is 63.3. The van der Waals surface area contributed by atoms with Crippen LogP contribution in [0.25, 0.3) is 0 Å². The van der Waals surface area contributed by atoms with E-state index in [1.165, 1.54) is 77.0 Å². The molecule has 0 aliphatic rings. The Morgan fingerprint density at radius 3 is 0.970 bits per heavy atom. The van der Waals surface area contributed by atoms with Gasteiger partial charge in [-0.25, -0.2) is 0 Å². The fourth-order valence-electron chi connectivity index (χ4n) is 7.40. The average Bonchev–Trinajstić information content (AvgIpc) is 3.33. The number of hydrogen-bond donors (Lipinski definition) is 0. The molecule has 0 aromatic rings. The zero-order valence-corrected chi connectivity index (χ0v) is 43.6. The summed E-state index contributed by atoms with van der Waals surface area (Å²) in [6.07, 6.45) is 72.6. The van der Waals surface area contributed by atoms with Gasteiger partial charge in [-0.2, -0.15) is 0 Å². The monoisotopic (exact) mass is 931 g/mol. The summed E-state index contributed by atoms with van der Waals surface area (Å²) in [5.41, 5.74) is 0. The molecule has 0 saturated heterocycles. The zero-order valence-electron chi connectivity index (χ0n) is 43.6. The molecule has 0 aromatic carbocycles. The molecule has 382 valence electrons. The minimum atomic E-state index is -0.787. The molecule has 0 aromatic heterocycles. The van der Waals surface area contributed by atoms with E-state index in [4.69, 9.17) is 14.2 Å². The van der Waals surface area contributed by atoms with Gasteiger partial charge in [0.1, 0.15) is 13.2 Å². The predicted octanol–water partition coefficient (Wildman–Crippen LogP) is 18.5. The van der Waals surface area contributed by atoms with Crippen molar-refractivity contribution in [3.63, 3.8) is 0 Å². The van der Waals surface area contributed by atoms with Crippen molar-refractivity contribution in [1.29, 1.82) is 0 Å². The fourth-order valence-corrected chi connectivity index (χ4v) is 7.40. The van der Waals surface area contributed by atoms with E-state index in [2.05, 4.69) is 118 Å². The van der Waals surface area contributed by atoms with Gasteiger partial charge in [-0.15, -0.1) is 0 Å². The summed E-state index contributed by atoms with van der Waals surface area (Å²) in [6.45, 7) is 6.45. The number of carbonyl (C=O) groups is 3. The summed E-state index contributed by atoms with van der Waals surface area (Å²) in [6, 6.07) is 0. The molecule has 0 heterocycles. The molecule has 6 heteroatoms. The van der Waals surface area contributed by atoms with E-state index in [1.807, 2.05) is 0 Å². The molecule has 1 atom stereocenters. The number of rotatable bonds is 49. The molecule has 0 saturated carbocycles. The van der Waals surface area contributed by atoms with Gasteiger partial charge in [0, 0.05) is 19.3 Å². The second-order valence-corrected chi connectivity index (χ2v) is 18.1. The smallest absolute Gasteiger partial charge is 0.306 e. The highest BCUT2D eigenvalue weighted by Crippen LogP contribution is 2.14. The van der Waals surface area contributed by atoms with Crippen LogP contribution < -0.4 is 0 Å². The maximum absolute atomic E-state index is 12.8. The number of esters is 3. The molecule has 67 heavy (non-hydrogen) atoms. The maximum Gasteiger partial charge on any atom is 0.306 e. The standard InChI is InChI=1S/C61H102O6/c1-4-7-10-13-16-19-22-23-24-25-26-27-28-29-30-31-32-33-34-35-36-37-40-42-45-48-51-54-60(63)66-57-58(67-61(64)55-52-49-46-43-39-21-18-15-12-9-6-3)56-65-59(62)53-50-47-44-41-38-20-17-14-11-8-5-2/h7,10,15-16,18-19,23-24,26-27,29-30,32-33,35-36,58H,4-6,8-9,11-14,17,20-22,25,28,31,34,37-57H2,1-3H3/b10-7-,18-15-,19-16-,24-23-,27-26-,30-29-,33-32-,36-35-. The Kier molecular flexibility index (Phi) is 51.9. The van der Waals surface area contributed by atoms with Gasteiger partial charge in [-0.3, -0.25) is 14.4 Å². The number of unbranched alkanes of at least 4 members (excludes halogenated alkanes) is 22. The van der Waals surface area contributed by atoms with E-state index in [9.17, 15) is 14.4 Å². The lowest BCUT2D eigenvalue weighted by atomic mass is 10.1. The van der Waals surface area contributed by atoms with E-state index < -0.39 is 6.10 Å². The van der Waals surface area contributed by atoms with Crippen LogP contribution in [0, 0.1) is 0 Å². The zero-order chi connectivity index (χ0) is 48.6. The van der Waals surface area contributed by atoms with Gasteiger partial charge >= 0.3 is 17.9 Å². The van der Waals surface area contributed by atoms with Gasteiger partial charge < -0.3 is 14.2 Å². The van der Waals surface area contributed by atoms with Gasteiger partial charge in [0.15, 0.2) is 6.10 Å². The summed E-state index contributed by atoms with van der Waals surface area (Å²) in [4.78, 5) is 38.0. The third-order valence-corrected chi connectivity index (χ3v) is 11.6. The largest absolute Gasteiger partial charge is 0.462 e.